The van der Waals surface area contributed by atoms with Gasteiger partial charge >= 0.3 is 0 Å². The van der Waals surface area contributed by atoms with Crippen LogP contribution in [0.5, 0.6) is 0 Å². The Balaban J connectivity index is 1.05. The molecule has 0 spiro atoms. The van der Waals surface area contributed by atoms with Crippen LogP contribution in [0.15, 0.2) is 146 Å². The molecule has 0 heterocycles. The molecule has 45 heavy (non-hydrogen) atoms. The van der Waals surface area contributed by atoms with Gasteiger partial charge in [0.25, 0.3) is 0 Å². The first-order valence-electron chi connectivity index (χ1n) is 16.3. The summed E-state index contributed by atoms with van der Waals surface area (Å²) in [4.78, 5) is 0. The first kappa shape index (κ1) is 26.2. The fourth-order valence-corrected chi connectivity index (χ4v) is 8.33. The molecule has 0 saturated carbocycles. The molecule has 0 amide bonds. The highest BCUT2D eigenvalue weighted by Gasteiger charge is 2.40. The number of hydrogen-bond acceptors (Lipinski definition) is 0. The van der Waals surface area contributed by atoms with Crippen LogP contribution in [-0.2, 0) is 5.41 Å². The van der Waals surface area contributed by atoms with E-state index in [1.165, 1.54) is 88.0 Å². The van der Waals surface area contributed by atoms with E-state index in [1.54, 1.807) is 0 Å². The van der Waals surface area contributed by atoms with Crippen LogP contribution >= 0.6 is 0 Å². The average Bonchev–Trinajstić information content (AvgIpc) is 3.40. The van der Waals surface area contributed by atoms with E-state index in [1.807, 2.05) is 0 Å². The molecule has 0 aliphatic heterocycles. The third-order valence-electron chi connectivity index (χ3n) is 10.8. The van der Waals surface area contributed by atoms with Gasteiger partial charge < -0.3 is 0 Å². The molecule has 0 N–H and O–H groups in total. The van der Waals surface area contributed by atoms with E-state index >= 15 is 0 Å². The molecule has 8 aromatic carbocycles. The van der Waals surface area contributed by atoms with Gasteiger partial charge in [-0.25, -0.2) is 0 Å². The largest absolute Gasteiger partial charge is 0.0642 e. The van der Waals surface area contributed by atoms with Crippen molar-refractivity contribution < 1.29 is 0 Å². The summed E-state index contributed by atoms with van der Waals surface area (Å²) < 4.78 is 0. The predicted molar refractivity (Wildman–Crippen MR) is 193 cm³/mol. The van der Waals surface area contributed by atoms with Crippen LogP contribution in [0.25, 0.3) is 76.8 Å². The molecule has 1 aliphatic rings. The summed E-state index contributed by atoms with van der Waals surface area (Å²) in [6.45, 7) is 4.68. The van der Waals surface area contributed by atoms with E-state index in [9.17, 15) is 0 Å². The maximum atomic E-state index is 2.46. The first-order valence-corrected chi connectivity index (χ1v) is 16.3. The molecule has 0 radical (unpaired) electrons. The zero-order chi connectivity index (χ0) is 30.1. The van der Waals surface area contributed by atoms with Crippen molar-refractivity contribution in [3.05, 3.63) is 157 Å². The van der Waals surface area contributed by atoms with Crippen molar-refractivity contribution >= 4 is 32.3 Å². The maximum absolute atomic E-state index is 2.46. The van der Waals surface area contributed by atoms with Gasteiger partial charge in [-0.3, -0.25) is 0 Å². The van der Waals surface area contributed by atoms with Gasteiger partial charge in [0.15, 0.2) is 0 Å². The van der Waals surface area contributed by atoms with E-state index in [-0.39, 0.29) is 5.41 Å². The molecule has 1 aliphatic carbocycles. The molecule has 0 aromatic heterocycles. The van der Waals surface area contributed by atoms with Crippen molar-refractivity contribution in [1.82, 2.24) is 0 Å². The monoisotopic (exact) mass is 574 g/mol. The molecular weight excluding hydrogens is 540 g/mol. The van der Waals surface area contributed by atoms with Gasteiger partial charge in [0.05, 0.1) is 0 Å². The smallest absolute Gasteiger partial charge is 0.0210 e. The zero-order valence-electron chi connectivity index (χ0n) is 25.8. The molecule has 8 aromatic rings. The van der Waals surface area contributed by atoms with Crippen molar-refractivity contribution in [3.63, 3.8) is 0 Å². The quantitative estimate of drug-likeness (QED) is 0.179. The highest BCUT2D eigenvalue weighted by Crippen LogP contribution is 2.53. The van der Waals surface area contributed by atoms with Gasteiger partial charge in [0, 0.05) is 5.41 Å². The third-order valence-corrected chi connectivity index (χ3v) is 10.8. The van der Waals surface area contributed by atoms with Gasteiger partial charge in [-0.15, -0.1) is 0 Å². The van der Waals surface area contributed by atoms with Crippen LogP contribution < -0.4 is 0 Å². The molecular formula is C45H34. The lowest BCUT2D eigenvalue weighted by Crippen LogP contribution is -2.23. The van der Waals surface area contributed by atoms with Crippen molar-refractivity contribution in [3.8, 4) is 44.5 Å². The second-order valence-electron chi connectivity index (χ2n) is 12.7. The van der Waals surface area contributed by atoms with Gasteiger partial charge in [-0.05, 0) is 107 Å². The third kappa shape index (κ3) is 3.79. The number of rotatable bonds is 5. The molecule has 9 rings (SSSR count). The Labute approximate surface area is 265 Å². The standard InChI is InChI=1S/C45H34/c1-3-45(4-2)41-11-6-5-10-38(41)39-26-24-36(28-42(39)45)31-14-12-29(13-15-31)30-16-18-32(19-17-30)37-25-22-35-21-20-33-8-7-9-34-23-27-40(37)44(35)43(33)34/h5-28H,3-4H2,1-2H3. The summed E-state index contributed by atoms with van der Waals surface area (Å²) in [5.74, 6) is 0. The van der Waals surface area contributed by atoms with Crippen LogP contribution in [-0.4, -0.2) is 0 Å². The fraction of sp³-hybridized carbons (Fsp3) is 0.111. The van der Waals surface area contributed by atoms with Gasteiger partial charge in [0.2, 0.25) is 0 Å². The normalized spacial score (nSPS) is 13.5. The summed E-state index contributed by atoms with van der Waals surface area (Å²) in [7, 11) is 0. The maximum Gasteiger partial charge on any atom is 0.0210 e. The Morgan fingerprint density at radius 2 is 0.889 bits per heavy atom. The van der Waals surface area contributed by atoms with Crippen LogP contribution in [0.2, 0.25) is 0 Å². The Morgan fingerprint density at radius 3 is 1.58 bits per heavy atom. The number of fused-ring (bicyclic) bond motifs is 3. The van der Waals surface area contributed by atoms with Crippen LogP contribution in [0.4, 0.5) is 0 Å². The van der Waals surface area contributed by atoms with E-state index in [0.717, 1.165) is 12.8 Å². The molecule has 214 valence electrons. The number of hydrogen-bond donors (Lipinski definition) is 0. The Kier molecular flexibility index (Phi) is 5.77. The lowest BCUT2D eigenvalue weighted by Gasteiger charge is -2.30. The average molecular weight is 575 g/mol. The van der Waals surface area contributed by atoms with Gasteiger partial charge in [-0.1, -0.05) is 153 Å². The van der Waals surface area contributed by atoms with E-state index in [2.05, 4.69) is 159 Å². The van der Waals surface area contributed by atoms with Crippen molar-refractivity contribution in [2.45, 2.75) is 32.1 Å². The van der Waals surface area contributed by atoms with Crippen LogP contribution in [0.3, 0.4) is 0 Å². The van der Waals surface area contributed by atoms with Gasteiger partial charge in [-0.2, -0.15) is 0 Å². The molecule has 0 atom stereocenters. The van der Waals surface area contributed by atoms with Crippen molar-refractivity contribution in [2.75, 3.05) is 0 Å². The second-order valence-corrected chi connectivity index (χ2v) is 12.7. The minimum Gasteiger partial charge on any atom is -0.0642 e. The lowest BCUT2D eigenvalue weighted by atomic mass is 9.73. The number of benzene rings is 8. The first-order chi connectivity index (χ1) is 22.2. The molecule has 0 nitrogen and oxygen atoms in total. The Hall–Kier alpha value is -5.20. The highest BCUT2D eigenvalue weighted by molar-refractivity contribution is 6.25. The Morgan fingerprint density at radius 1 is 0.378 bits per heavy atom. The van der Waals surface area contributed by atoms with E-state index in [4.69, 9.17) is 0 Å². The summed E-state index contributed by atoms with van der Waals surface area (Å²) in [5, 5.41) is 7.98. The van der Waals surface area contributed by atoms with Crippen molar-refractivity contribution in [1.29, 1.82) is 0 Å². The molecule has 0 fully saturated rings. The van der Waals surface area contributed by atoms with E-state index < -0.39 is 0 Å². The van der Waals surface area contributed by atoms with Crippen molar-refractivity contribution in [2.24, 2.45) is 0 Å². The minimum absolute atomic E-state index is 0.0956. The van der Waals surface area contributed by atoms with Crippen LogP contribution in [0, 0.1) is 0 Å². The predicted octanol–water partition coefficient (Wildman–Crippen LogP) is 12.7. The molecule has 0 saturated heterocycles. The van der Waals surface area contributed by atoms with Crippen LogP contribution in [0.1, 0.15) is 37.8 Å². The van der Waals surface area contributed by atoms with Gasteiger partial charge in [0.1, 0.15) is 0 Å². The fourth-order valence-electron chi connectivity index (χ4n) is 8.33. The highest BCUT2D eigenvalue weighted by atomic mass is 14.4. The molecule has 0 unspecified atom stereocenters. The van der Waals surface area contributed by atoms with E-state index in [0.29, 0.717) is 0 Å². The SMILES string of the molecule is CCC1(CC)c2ccccc2-c2ccc(-c3ccc(-c4ccc(-c5ccc6ccc7cccc8ccc5c6c78)cc4)cc3)cc21. The summed E-state index contributed by atoms with van der Waals surface area (Å²) in [5.41, 5.74) is 13.5. The lowest BCUT2D eigenvalue weighted by molar-refractivity contribution is 0.490. The second kappa shape index (κ2) is 9.91. The molecule has 0 heteroatoms. The summed E-state index contributed by atoms with van der Waals surface area (Å²) >= 11 is 0. The summed E-state index contributed by atoms with van der Waals surface area (Å²) in [6, 6.07) is 54.6. The molecule has 0 bridgehead atoms. The topological polar surface area (TPSA) is 0 Å². The summed E-state index contributed by atoms with van der Waals surface area (Å²) in [6.07, 6.45) is 2.22. The zero-order valence-corrected chi connectivity index (χ0v) is 25.8. The Bertz CT molecular complexity index is 2350. The minimum atomic E-state index is 0.0956.